The molecule has 5 nitrogen and oxygen atoms in total. The zero-order valence-electron chi connectivity index (χ0n) is 14.3. The summed E-state index contributed by atoms with van der Waals surface area (Å²) in [6, 6.07) is 15.2. The van der Waals surface area contributed by atoms with Gasteiger partial charge in [-0.15, -0.1) is 0 Å². The summed E-state index contributed by atoms with van der Waals surface area (Å²) < 4.78 is 36.6. The molecule has 132 valence electrons. The number of para-hydroxylation sites is 1. The first-order chi connectivity index (χ1) is 12.5. The molecule has 0 aromatic heterocycles. The smallest absolute Gasteiger partial charge is 0.216 e. The minimum absolute atomic E-state index is 0.0832. The number of ether oxygens (including phenoxy) is 2. The molecule has 3 rings (SSSR count). The molecule has 0 saturated carbocycles. The molecule has 1 aliphatic heterocycles. The minimum atomic E-state index is -3.89. The van der Waals surface area contributed by atoms with Gasteiger partial charge in [0, 0.05) is 5.56 Å². The SMILES string of the molecule is COc1cccc2c1OC(C)C(C=C(C#N)S(=O)(=O)c1ccccc1)=C2. The Balaban J connectivity index is 2.07. The first-order valence-corrected chi connectivity index (χ1v) is 9.43. The monoisotopic (exact) mass is 367 g/mol. The second-order valence-corrected chi connectivity index (χ2v) is 7.64. The van der Waals surface area contributed by atoms with Gasteiger partial charge in [-0.05, 0) is 42.8 Å². The van der Waals surface area contributed by atoms with Gasteiger partial charge < -0.3 is 9.47 Å². The Morgan fingerprint density at radius 3 is 2.58 bits per heavy atom. The van der Waals surface area contributed by atoms with Gasteiger partial charge in [-0.2, -0.15) is 5.26 Å². The van der Waals surface area contributed by atoms with Gasteiger partial charge >= 0.3 is 0 Å². The molecule has 0 radical (unpaired) electrons. The van der Waals surface area contributed by atoms with E-state index in [1.165, 1.54) is 18.2 Å². The average Bonchev–Trinajstić information content (AvgIpc) is 2.66. The topological polar surface area (TPSA) is 76.4 Å². The van der Waals surface area contributed by atoms with Crippen molar-refractivity contribution in [3.05, 3.63) is 70.6 Å². The Morgan fingerprint density at radius 1 is 1.19 bits per heavy atom. The fraction of sp³-hybridized carbons (Fsp3) is 0.150. The van der Waals surface area contributed by atoms with Crippen molar-refractivity contribution < 1.29 is 17.9 Å². The van der Waals surface area contributed by atoms with E-state index in [2.05, 4.69) is 0 Å². The summed E-state index contributed by atoms with van der Waals surface area (Å²) in [5, 5.41) is 9.43. The largest absolute Gasteiger partial charge is 0.493 e. The molecule has 6 heteroatoms. The summed E-state index contributed by atoms with van der Waals surface area (Å²) in [4.78, 5) is -0.239. The van der Waals surface area contributed by atoms with E-state index >= 15 is 0 Å². The number of nitriles is 1. The third-order valence-electron chi connectivity index (χ3n) is 4.07. The maximum Gasteiger partial charge on any atom is 0.216 e. The summed E-state index contributed by atoms with van der Waals surface area (Å²) in [7, 11) is -2.33. The highest BCUT2D eigenvalue weighted by Crippen LogP contribution is 2.38. The molecular weight excluding hydrogens is 350 g/mol. The lowest BCUT2D eigenvalue weighted by Crippen LogP contribution is -2.19. The zero-order valence-corrected chi connectivity index (χ0v) is 15.2. The van der Waals surface area contributed by atoms with E-state index in [0.29, 0.717) is 17.1 Å². The predicted octanol–water partition coefficient (Wildman–Crippen LogP) is 3.74. The summed E-state index contributed by atoms with van der Waals surface area (Å²) in [6.45, 7) is 1.79. The van der Waals surface area contributed by atoms with Crippen molar-refractivity contribution >= 4 is 15.9 Å². The number of allylic oxidation sites excluding steroid dienone is 1. The predicted molar refractivity (Wildman–Crippen MR) is 98.4 cm³/mol. The number of rotatable bonds is 4. The second kappa shape index (κ2) is 7.06. The Labute approximate surface area is 152 Å². The lowest BCUT2D eigenvalue weighted by atomic mass is 10.0. The molecule has 0 bridgehead atoms. The average molecular weight is 367 g/mol. The highest BCUT2D eigenvalue weighted by molar-refractivity contribution is 7.95. The number of hydrogen-bond acceptors (Lipinski definition) is 5. The zero-order chi connectivity index (χ0) is 18.7. The molecule has 1 aliphatic rings. The van der Waals surface area contributed by atoms with Gasteiger partial charge in [-0.3, -0.25) is 0 Å². The highest BCUT2D eigenvalue weighted by atomic mass is 32.2. The third-order valence-corrected chi connectivity index (χ3v) is 5.75. The van der Waals surface area contributed by atoms with Crippen LogP contribution >= 0.6 is 0 Å². The first kappa shape index (κ1) is 17.8. The molecule has 26 heavy (non-hydrogen) atoms. The van der Waals surface area contributed by atoms with Crippen molar-refractivity contribution in [1.29, 1.82) is 5.26 Å². The molecule has 0 fully saturated rings. The van der Waals surface area contributed by atoms with E-state index in [1.54, 1.807) is 38.3 Å². The van der Waals surface area contributed by atoms with Crippen molar-refractivity contribution in [2.24, 2.45) is 0 Å². The standard InChI is InChI=1S/C20H17NO4S/c1-14-16(11-15-7-6-10-19(24-2)20(15)25-14)12-18(13-21)26(22,23)17-8-4-3-5-9-17/h3-12,14H,1-2H3. The molecule has 1 unspecified atom stereocenters. The third kappa shape index (κ3) is 3.22. The number of nitrogens with zero attached hydrogens (tertiary/aromatic N) is 1. The molecule has 1 heterocycles. The van der Waals surface area contributed by atoms with Crippen LogP contribution in [0.5, 0.6) is 11.5 Å². The fourth-order valence-corrected chi connectivity index (χ4v) is 3.86. The number of methoxy groups -OCH3 is 1. The maximum absolute atomic E-state index is 12.7. The quantitative estimate of drug-likeness (QED) is 0.770. The summed E-state index contributed by atoms with van der Waals surface area (Å²) in [5.74, 6) is 1.20. The van der Waals surface area contributed by atoms with E-state index in [4.69, 9.17) is 9.47 Å². The van der Waals surface area contributed by atoms with E-state index in [-0.39, 0.29) is 9.80 Å². The summed E-state index contributed by atoms with van der Waals surface area (Å²) in [5.41, 5.74) is 1.37. The lowest BCUT2D eigenvalue weighted by molar-refractivity contribution is 0.243. The van der Waals surface area contributed by atoms with Crippen molar-refractivity contribution in [2.75, 3.05) is 7.11 Å². The molecule has 0 spiro atoms. The van der Waals surface area contributed by atoms with E-state index in [9.17, 15) is 13.7 Å². The van der Waals surface area contributed by atoms with E-state index < -0.39 is 15.9 Å². The summed E-state index contributed by atoms with van der Waals surface area (Å²) in [6.07, 6.45) is 2.76. The molecule has 0 N–H and O–H groups in total. The number of fused-ring (bicyclic) bond motifs is 1. The van der Waals surface area contributed by atoms with Crippen molar-refractivity contribution in [3.8, 4) is 17.6 Å². The molecule has 0 saturated heterocycles. The van der Waals surface area contributed by atoms with Crippen LogP contribution in [0.3, 0.4) is 0 Å². The van der Waals surface area contributed by atoms with Gasteiger partial charge in [-0.25, -0.2) is 8.42 Å². The van der Waals surface area contributed by atoms with Gasteiger partial charge in [0.15, 0.2) is 11.5 Å². The number of benzene rings is 2. The van der Waals surface area contributed by atoms with Crippen LogP contribution in [0, 0.1) is 11.3 Å². The van der Waals surface area contributed by atoms with Gasteiger partial charge in [0.2, 0.25) is 9.84 Å². The Morgan fingerprint density at radius 2 is 1.92 bits per heavy atom. The van der Waals surface area contributed by atoms with E-state index in [0.717, 1.165) is 5.56 Å². The molecule has 0 amide bonds. The van der Waals surface area contributed by atoms with Crippen molar-refractivity contribution in [1.82, 2.24) is 0 Å². The second-order valence-electron chi connectivity index (χ2n) is 5.72. The fourth-order valence-electron chi connectivity index (χ4n) is 2.68. The van der Waals surface area contributed by atoms with Gasteiger partial charge in [0.1, 0.15) is 17.1 Å². The van der Waals surface area contributed by atoms with Crippen LogP contribution in [0.15, 0.2) is 70.0 Å². The Bertz CT molecular complexity index is 1030. The normalized spacial score (nSPS) is 16.7. The van der Waals surface area contributed by atoms with Gasteiger partial charge in [0.05, 0.1) is 12.0 Å². The first-order valence-electron chi connectivity index (χ1n) is 7.94. The summed E-state index contributed by atoms with van der Waals surface area (Å²) >= 11 is 0. The van der Waals surface area contributed by atoms with E-state index in [1.807, 2.05) is 24.3 Å². The van der Waals surface area contributed by atoms with Crippen LogP contribution < -0.4 is 9.47 Å². The van der Waals surface area contributed by atoms with Crippen molar-refractivity contribution in [2.45, 2.75) is 17.9 Å². The molecular formula is C20H17NO4S. The van der Waals surface area contributed by atoms with Gasteiger partial charge in [0.25, 0.3) is 0 Å². The Kier molecular flexibility index (Phi) is 4.83. The van der Waals surface area contributed by atoms with Gasteiger partial charge in [-0.1, -0.05) is 30.3 Å². The molecule has 2 aromatic rings. The minimum Gasteiger partial charge on any atom is -0.493 e. The van der Waals surface area contributed by atoms with Crippen LogP contribution in [-0.4, -0.2) is 21.6 Å². The maximum atomic E-state index is 12.7. The van der Waals surface area contributed by atoms with Crippen LogP contribution in [0.25, 0.3) is 6.08 Å². The highest BCUT2D eigenvalue weighted by Gasteiger charge is 2.25. The van der Waals surface area contributed by atoms with Crippen LogP contribution in [0.2, 0.25) is 0 Å². The Hall–Kier alpha value is -3.04. The number of hydrogen-bond donors (Lipinski definition) is 0. The van der Waals surface area contributed by atoms with Crippen LogP contribution in [0.1, 0.15) is 12.5 Å². The molecule has 2 aromatic carbocycles. The van der Waals surface area contributed by atoms with Crippen molar-refractivity contribution in [3.63, 3.8) is 0 Å². The van der Waals surface area contributed by atoms with Crippen LogP contribution in [0.4, 0.5) is 0 Å². The molecule has 0 aliphatic carbocycles. The van der Waals surface area contributed by atoms with Crippen LogP contribution in [-0.2, 0) is 9.84 Å². The number of sulfone groups is 1. The lowest BCUT2D eigenvalue weighted by Gasteiger charge is -2.24. The molecule has 1 atom stereocenters.